The van der Waals surface area contributed by atoms with Gasteiger partial charge in [0.05, 0.1) is 0 Å². The highest BCUT2D eigenvalue weighted by molar-refractivity contribution is 6.04. The van der Waals surface area contributed by atoms with E-state index in [2.05, 4.69) is 0 Å². The number of benzene rings is 1. The number of nitrogens with zero attached hydrogens (tertiary/aromatic N) is 1. The van der Waals surface area contributed by atoms with Crippen molar-refractivity contribution >= 4 is 5.78 Å². The van der Waals surface area contributed by atoms with Gasteiger partial charge in [-0.1, -0.05) is 30.3 Å². The monoisotopic (exact) mass is 189 g/mol. The van der Waals surface area contributed by atoms with Crippen molar-refractivity contribution in [2.75, 3.05) is 14.1 Å². The molecule has 0 fully saturated rings. The predicted octanol–water partition coefficient (Wildman–Crippen LogP) is 2.33. The third-order valence-electron chi connectivity index (χ3n) is 2.10. The third-order valence-corrected chi connectivity index (χ3v) is 2.10. The van der Waals surface area contributed by atoms with Gasteiger partial charge in [0, 0.05) is 31.4 Å². The lowest BCUT2D eigenvalue weighted by molar-refractivity contribution is 0.104. The first-order valence-corrected chi connectivity index (χ1v) is 4.56. The summed E-state index contributed by atoms with van der Waals surface area (Å²) in [6, 6.07) is 9.28. The molecule has 0 aliphatic heterocycles. The number of carbonyl (C=O) groups excluding carboxylic acids is 1. The van der Waals surface area contributed by atoms with E-state index < -0.39 is 0 Å². The summed E-state index contributed by atoms with van der Waals surface area (Å²) in [6.45, 7) is 1.92. The molecule has 1 aromatic rings. The van der Waals surface area contributed by atoms with Gasteiger partial charge in [0.15, 0.2) is 5.78 Å². The quantitative estimate of drug-likeness (QED) is 0.537. The van der Waals surface area contributed by atoms with Crippen LogP contribution in [0, 0.1) is 0 Å². The Morgan fingerprint density at radius 3 is 2.29 bits per heavy atom. The van der Waals surface area contributed by atoms with Gasteiger partial charge in [0.25, 0.3) is 0 Å². The fourth-order valence-electron chi connectivity index (χ4n) is 1.00. The van der Waals surface area contributed by atoms with Gasteiger partial charge in [-0.2, -0.15) is 0 Å². The second-order valence-electron chi connectivity index (χ2n) is 3.41. The van der Waals surface area contributed by atoms with Gasteiger partial charge in [-0.05, 0) is 6.92 Å². The van der Waals surface area contributed by atoms with E-state index in [9.17, 15) is 4.79 Å². The molecule has 74 valence electrons. The van der Waals surface area contributed by atoms with Crippen LogP contribution in [-0.2, 0) is 0 Å². The third kappa shape index (κ3) is 2.73. The van der Waals surface area contributed by atoms with Crippen molar-refractivity contribution in [2.45, 2.75) is 6.92 Å². The molecule has 0 bridgehead atoms. The average Bonchev–Trinajstić information content (AvgIpc) is 2.19. The molecule has 0 unspecified atom stereocenters. The number of hydrogen-bond donors (Lipinski definition) is 0. The molecule has 0 N–H and O–H groups in total. The Morgan fingerprint density at radius 1 is 1.21 bits per heavy atom. The molecule has 0 aliphatic carbocycles. The largest absolute Gasteiger partial charge is 0.381 e. The molecular formula is C12H15NO. The molecular weight excluding hydrogens is 174 g/mol. The van der Waals surface area contributed by atoms with E-state index in [1.165, 1.54) is 0 Å². The summed E-state index contributed by atoms with van der Waals surface area (Å²) in [6.07, 6.45) is 1.65. The van der Waals surface area contributed by atoms with Crippen LogP contribution in [0.15, 0.2) is 42.1 Å². The summed E-state index contributed by atoms with van der Waals surface area (Å²) in [5.41, 5.74) is 1.69. The Bertz CT molecular complexity index is 339. The van der Waals surface area contributed by atoms with Crippen molar-refractivity contribution in [3.8, 4) is 0 Å². The molecule has 0 saturated heterocycles. The highest BCUT2D eigenvalue weighted by Crippen LogP contribution is 2.04. The summed E-state index contributed by atoms with van der Waals surface area (Å²) in [7, 11) is 3.84. The van der Waals surface area contributed by atoms with Crippen LogP contribution in [-0.4, -0.2) is 24.8 Å². The van der Waals surface area contributed by atoms with Gasteiger partial charge in [0.2, 0.25) is 0 Å². The first-order valence-electron chi connectivity index (χ1n) is 4.56. The number of ketones is 1. The minimum atomic E-state index is 0.0526. The molecule has 0 saturated carbocycles. The molecule has 0 spiro atoms. The van der Waals surface area contributed by atoms with E-state index >= 15 is 0 Å². The Balaban J connectivity index is 2.83. The van der Waals surface area contributed by atoms with Crippen LogP contribution in [0.5, 0.6) is 0 Å². The van der Waals surface area contributed by atoms with E-state index in [1.54, 1.807) is 6.08 Å². The number of allylic oxidation sites excluding steroid dienone is 2. The van der Waals surface area contributed by atoms with Crippen molar-refractivity contribution in [3.05, 3.63) is 47.7 Å². The molecule has 0 heterocycles. The van der Waals surface area contributed by atoms with E-state index in [0.29, 0.717) is 0 Å². The van der Waals surface area contributed by atoms with Crippen LogP contribution in [0.4, 0.5) is 0 Å². The Morgan fingerprint density at radius 2 is 1.79 bits per heavy atom. The molecule has 0 amide bonds. The molecule has 14 heavy (non-hydrogen) atoms. The molecule has 0 atom stereocenters. The van der Waals surface area contributed by atoms with Crippen LogP contribution < -0.4 is 0 Å². The molecule has 0 radical (unpaired) electrons. The SMILES string of the molecule is CC(=CC(=O)c1ccccc1)N(C)C. The number of carbonyl (C=O) groups is 1. The standard InChI is InChI=1S/C12H15NO/c1-10(13(2)3)9-12(14)11-7-5-4-6-8-11/h4-9H,1-3H3. The van der Waals surface area contributed by atoms with Gasteiger partial charge < -0.3 is 4.90 Å². The first-order chi connectivity index (χ1) is 6.61. The van der Waals surface area contributed by atoms with Gasteiger partial charge >= 0.3 is 0 Å². The molecule has 2 heteroatoms. The van der Waals surface area contributed by atoms with Gasteiger partial charge in [-0.3, -0.25) is 4.79 Å². The summed E-state index contributed by atoms with van der Waals surface area (Å²) in [5.74, 6) is 0.0526. The van der Waals surface area contributed by atoms with Crippen molar-refractivity contribution in [3.63, 3.8) is 0 Å². The lowest BCUT2D eigenvalue weighted by Crippen LogP contribution is -2.10. The second-order valence-corrected chi connectivity index (χ2v) is 3.41. The zero-order valence-electron chi connectivity index (χ0n) is 8.82. The molecule has 0 aromatic heterocycles. The Kier molecular flexibility index (Phi) is 3.46. The van der Waals surface area contributed by atoms with Crippen LogP contribution >= 0.6 is 0 Å². The van der Waals surface area contributed by atoms with Crippen LogP contribution in [0.3, 0.4) is 0 Å². The van der Waals surface area contributed by atoms with Crippen molar-refractivity contribution in [1.29, 1.82) is 0 Å². The highest BCUT2D eigenvalue weighted by Gasteiger charge is 2.02. The Hall–Kier alpha value is -1.57. The van der Waals surface area contributed by atoms with Gasteiger partial charge in [-0.15, -0.1) is 0 Å². The minimum Gasteiger partial charge on any atom is -0.381 e. The molecule has 2 nitrogen and oxygen atoms in total. The van der Waals surface area contributed by atoms with Crippen LogP contribution in [0.2, 0.25) is 0 Å². The first kappa shape index (κ1) is 10.5. The number of rotatable bonds is 3. The maximum absolute atomic E-state index is 11.7. The number of hydrogen-bond acceptors (Lipinski definition) is 2. The lowest BCUT2D eigenvalue weighted by atomic mass is 10.1. The summed E-state index contributed by atoms with van der Waals surface area (Å²) < 4.78 is 0. The lowest BCUT2D eigenvalue weighted by Gasteiger charge is -2.11. The summed E-state index contributed by atoms with van der Waals surface area (Å²) in [5, 5.41) is 0. The zero-order chi connectivity index (χ0) is 10.6. The van der Waals surface area contributed by atoms with E-state index in [0.717, 1.165) is 11.3 Å². The fourth-order valence-corrected chi connectivity index (χ4v) is 1.00. The second kappa shape index (κ2) is 4.61. The van der Waals surface area contributed by atoms with E-state index in [-0.39, 0.29) is 5.78 Å². The van der Waals surface area contributed by atoms with Crippen molar-refractivity contribution in [1.82, 2.24) is 4.90 Å². The fraction of sp³-hybridized carbons (Fsp3) is 0.250. The van der Waals surface area contributed by atoms with Gasteiger partial charge in [0.1, 0.15) is 0 Å². The molecule has 1 rings (SSSR count). The summed E-state index contributed by atoms with van der Waals surface area (Å²) >= 11 is 0. The van der Waals surface area contributed by atoms with Crippen molar-refractivity contribution in [2.24, 2.45) is 0 Å². The Labute approximate surface area is 84.9 Å². The predicted molar refractivity (Wildman–Crippen MR) is 58.2 cm³/mol. The maximum Gasteiger partial charge on any atom is 0.187 e. The minimum absolute atomic E-state index is 0.0526. The van der Waals surface area contributed by atoms with Crippen molar-refractivity contribution < 1.29 is 4.79 Å². The average molecular weight is 189 g/mol. The maximum atomic E-state index is 11.7. The van der Waals surface area contributed by atoms with E-state index in [4.69, 9.17) is 0 Å². The normalized spacial score (nSPS) is 11.2. The molecule has 1 aromatic carbocycles. The zero-order valence-corrected chi connectivity index (χ0v) is 8.82. The molecule has 0 aliphatic rings. The summed E-state index contributed by atoms with van der Waals surface area (Å²) in [4.78, 5) is 13.6. The van der Waals surface area contributed by atoms with Crippen LogP contribution in [0.25, 0.3) is 0 Å². The highest BCUT2D eigenvalue weighted by atomic mass is 16.1. The smallest absolute Gasteiger partial charge is 0.187 e. The van der Waals surface area contributed by atoms with E-state index in [1.807, 2.05) is 56.3 Å². The van der Waals surface area contributed by atoms with Gasteiger partial charge in [-0.25, -0.2) is 0 Å². The topological polar surface area (TPSA) is 20.3 Å². The van der Waals surface area contributed by atoms with Crippen LogP contribution in [0.1, 0.15) is 17.3 Å².